The van der Waals surface area contributed by atoms with E-state index in [0.29, 0.717) is 0 Å². The quantitative estimate of drug-likeness (QED) is 0.899. The molecular weight excluding hydrogens is 302 g/mol. The number of amides is 1. The summed E-state index contributed by atoms with van der Waals surface area (Å²) in [6.07, 6.45) is 9.98. The lowest BCUT2D eigenvalue weighted by Gasteiger charge is -2.39. The molecule has 1 aliphatic carbocycles. The average molecular weight is 329 g/mol. The van der Waals surface area contributed by atoms with Crippen LogP contribution in [0.5, 0.6) is 0 Å². The highest BCUT2D eigenvalue weighted by molar-refractivity contribution is 5.81. The summed E-state index contributed by atoms with van der Waals surface area (Å²) in [6, 6.07) is 4.16. The van der Waals surface area contributed by atoms with Crippen molar-refractivity contribution in [1.82, 2.24) is 15.2 Å². The second kappa shape index (κ2) is 6.81. The summed E-state index contributed by atoms with van der Waals surface area (Å²) in [5, 5.41) is 3.07. The first-order valence-corrected chi connectivity index (χ1v) is 9.29. The number of pyridine rings is 1. The van der Waals surface area contributed by atoms with Crippen LogP contribution in [0, 0.1) is 5.92 Å². The summed E-state index contributed by atoms with van der Waals surface area (Å²) in [5.74, 6) is 0.832. The smallest absolute Gasteiger partial charge is 0.249 e. The Bertz CT molecular complexity index is 565. The average Bonchev–Trinajstić information content (AvgIpc) is 3.36. The minimum absolute atomic E-state index is 0.0592. The zero-order chi connectivity index (χ0) is 16.4. The van der Waals surface area contributed by atoms with E-state index in [1.807, 2.05) is 12.4 Å². The standard InChI is InChI=1S/C19H27N3O2/c23-18(21-13-15-1-2-15)17-3-6-19(24-17)7-11-22(12-8-19)14-16-4-9-20-10-5-16/h4-5,9-10,15,17H,1-3,6-8,11-14H2,(H,21,23). The number of rotatable bonds is 5. The van der Waals surface area contributed by atoms with Gasteiger partial charge in [-0.15, -0.1) is 0 Å². The van der Waals surface area contributed by atoms with E-state index in [2.05, 4.69) is 27.3 Å². The molecule has 1 N–H and O–H groups in total. The van der Waals surface area contributed by atoms with Crippen molar-refractivity contribution in [3.8, 4) is 0 Å². The number of nitrogens with one attached hydrogen (secondary N) is 1. The van der Waals surface area contributed by atoms with Crippen LogP contribution >= 0.6 is 0 Å². The number of aromatic nitrogens is 1. The Morgan fingerprint density at radius 1 is 1.21 bits per heavy atom. The molecule has 1 saturated carbocycles. The molecular formula is C19H27N3O2. The second-order valence-electron chi connectivity index (χ2n) is 7.65. The fraction of sp³-hybridized carbons (Fsp3) is 0.684. The Hall–Kier alpha value is -1.46. The monoisotopic (exact) mass is 329 g/mol. The van der Waals surface area contributed by atoms with Gasteiger partial charge in [-0.25, -0.2) is 0 Å². The normalized spacial score (nSPS) is 26.6. The largest absolute Gasteiger partial charge is 0.362 e. The third kappa shape index (κ3) is 3.78. The zero-order valence-corrected chi connectivity index (χ0v) is 14.2. The van der Waals surface area contributed by atoms with Gasteiger partial charge in [-0.3, -0.25) is 14.7 Å². The van der Waals surface area contributed by atoms with Crippen molar-refractivity contribution < 1.29 is 9.53 Å². The Labute approximate surface area is 143 Å². The maximum Gasteiger partial charge on any atom is 0.249 e. The molecule has 24 heavy (non-hydrogen) atoms. The van der Waals surface area contributed by atoms with Gasteiger partial charge in [0.15, 0.2) is 0 Å². The number of carbonyl (C=O) groups excluding carboxylic acids is 1. The molecule has 0 aromatic carbocycles. The number of hydrogen-bond donors (Lipinski definition) is 1. The second-order valence-corrected chi connectivity index (χ2v) is 7.65. The molecule has 3 aliphatic rings. The summed E-state index contributed by atoms with van der Waals surface area (Å²) < 4.78 is 6.25. The minimum atomic E-state index is -0.226. The third-order valence-corrected chi connectivity index (χ3v) is 5.73. The zero-order valence-electron chi connectivity index (χ0n) is 14.2. The van der Waals surface area contributed by atoms with Crippen LogP contribution in [-0.4, -0.2) is 47.1 Å². The molecule has 0 bridgehead atoms. The molecule has 4 rings (SSSR count). The van der Waals surface area contributed by atoms with Crippen molar-refractivity contribution >= 4 is 5.91 Å². The SMILES string of the molecule is O=C(NCC1CC1)C1CCC2(CCN(Cc3ccncc3)CC2)O1. The molecule has 5 heteroatoms. The van der Waals surface area contributed by atoms with Crippen molar-refractivity contribution in [3.05, 3.63) is 30.1 Å². The topological polar surface area (TPSA) is 54.5 Å². The molecule has 2 saturated heterocycles. The Balaban J connectivity index is 1.25. The molecule has 1 amide bonds. The van der Waals surface area contributed by atoms with E-state index in [9.17, 15) is 4.79 Å². The maximum atomic E-state index is 12.3. The van der Waals surface area contributed by atoms with Crippen molar-refractivity contribution in [2.75, 3.05) is 19.6 Å². The van der Waals surface area contributed by atoms with Gasteiger partial charge in [0.05, 0.1) is 5.60 Å². The van der Waals surface area contributed by atoms with Crippen LogP contribution in [0.4, 0.5) is 0 Å². The van der Waals surface area contributed by atoms with Gasteiger partial charge in [-0.05, 0) is 62.1 Å². The highest BCUT2D eigenvalue weighted by atomic mass is 16.5. The van der Waals surface area contributed by atoms with E-state index in [-0.39, 0.29) is 17.6 Å². The van der Waals surface area contributed by atoms with Crippen LogP contribution in [0.1, 0.15) is 44.1 Å². The number of hydrogen-bond acceptors (Lipinski definition) is 4. The van der Waals surface area contributed by atoms with Crippen LogP contribution in [0.2, 0.25) is 0 Å². The van der Waals surface area contributed by atoms with Crippen molar-refractivity contribution in [3.63, 3.8) is 0 Å². The van der Waals surface area contributed by atoms with E-state index in [1.54, 1.807) is 0 Å². The molecule has 1 unspecified atom stereocenters. The lowest BCUT2D eigenvalue weighted by molar-refractivity contribution is -0.140. The molecule has 1 aromatic rings. The third-order valence-electron chi connectivity index (χ3n) is 5.73. The summed E-state index contributed by atoms with van der Waals surface area (Å²) >= 11 is 0. The van der Waals surface area contributed by atoms with Gasteiger partial charge in [0.25, 0.3) is 0 Å². The van der Waals surface area contributed by atoms with Crippen LogP contribution in [-0.2, 0) is 16.1 Å². The van der Waals surface area contributed by atoms with Crippen LogP contribution in [0.3, 0.4) is 0 Å². The highest BCUT2D eigenvalue weighted by Gasteiger charge is 2.44. The van der Waals surface area contributed by atoms with E-state index < -0.39 is 0 Å². The molecule has 2 aliphatic heterocycles. The van der Waals surface area contributed by atoms with Crippen LogP contribution in [0.15, 0.2) is 24.5 Å². The van der Waals surface area contributed by atoms with Crippen molar-refractivity contribution in [2.45, 2.75) is 56.8 Å². The minimum Gasteiger partial charge on any atom is -0.362 e. The molecule has 130 valence electrons. The van der Waals surface area contributed by atoms with Crippen molar-refractivity contribution in [1.29, 1.82) is 0 Å². The van der Waals surface area contributed by atoms with Crippen molar-refractivity contribution in [2.24, 2.45) is 5.92 Å². The van der Waals surface area contributed by atoms with E-state index in [1.165, 1.54) is 18.4 Å². The van der Waals surface area contributed by atoms with Crippen LogP contribution in [0.25, 0.3) is 0 Å². The summed E-state index contributed by atoms with van der Waals surface area (Å²) in [5.41, 5.74) is 1.25. The van der Waals surface area contributed by atoms with E-state index in [0.717, 1.165) is 57.8 Å². The van der Waals surface area contributed by atoms with Gasteiger partial charge < -0.3 is 10.1 Å². The highest BCUT2D eigenvalue weighted by Crippen LogP contribution is 2.39. The summed E-state index contributed by atoms with van der Waals surface area (Å²) in [7, 11) is 0. The molecule has 5 nitrogen and oxygen atoms in total. The fourth-order valence-corrected chi connectivity index (χ4v) is 3.91. The lowest BCUT2D eigenvalue weighted by atomic mass is 9.88. The summed E-state index contributed by atoms with van der Waals surface area (Å²) in [4.78, 5) is 18.8. The number of ether oxygens (including phenoxy) is 1. The molecule has 1 spiro atoms. The van der Waals surface area contributed by atoms with Gasteiger partial charge in [-0.1, -0.05) is 0 Å². The number of nitrogens with zero attached hydrogens (tertiary/aromatic N) is 2. The number of likely N-dealkylation sites (tertiary alicyclic amines) is 1. The molecule has 1 atom stereocenters. The van der Waals surface area contributed by atoms with Gasteiger partial charge in [0.2, 0.25) is 5.91 Å². The molecule has 3 fully saturated rings. The van der Waals surface area contributed by atoms with Gasteiger partial charge in [0.1, 0.15) is 6.10 Å². The maximum absolute atomic E-state index is 12.3. The predicted octanol–water partition coefficient (Wildman–Crippen LogP) is 2.12. The molecule has 0 radical (unpaired) electrons. The first-order valence-electron chi connectivity index (χ1n) is 9.29. The summed E-state index contributed by atoms with van der Waals surface area (Å²) in [6.45, 7) is 3.90. The Morgan fingerprint density at radius 2 is 1.96 bits per heavy atom. The Morgan fingerprint density at radius 3 is 2.67 bits per heavy atom. The fourth-order valence-electron chi connectivity index (χ4n) is 3.91. The van der Waals surface area contributed by atoms with Gasteiger partial charge >= 0.3 is 0 Å². The number of piperidine rings is 1. The first-order chi connectivity index (χ1) is 11.7. The van der Waals surface area contributed by atoms with Crippen LogP contribution < -0.4 is 5.32 Å². The van der Waals surface area contributed by atoms with Gasteiger partial charge in [0, 0.05) is 38.6 Å². The van der Waals surface area contributed by atoms with Gasteiger partial charge in [-0.2, -0.15) is 0 Å². The first kappa shape index (κ1) is 16.0. The molecule has 1 aromatic heterocycles. The Kier molecular flexibility index (Phi) is 4.55. The van der Waals surface area contributed by atoms with E-state index >= 15 is 0 Å². The number of carbonyl (C=O) groups is 1. The lowest BCUT2D eigenvalue weighted by Crippen LogP contribution is -2.45. The van der Waals surface area contributed by atoms with E-state index in [4.69, 9.17) is 4.74 Å². The predicted molar refractivity (Wildman–Crippen MR) is 91.3 cm³/mol. The molecule has 3 heterocycles.